The van der Waals surface area contributed by atoms with Crippen molar-refractivity contribution in [3.63, 3.8) is 0 Å². The standard InChI is InChI=1S/C22H22N4O4S2/c1-25-14-16(32(28,29)26-10-4-5-11-26)12-18(25)21(27)23-13-15-8-9-19(30-15)22-24-17-6-2-3-7-20(17)31-22/h2-3,6-9,12,14H,4-5,10-11,13H2,1H3,(H,23,27). The zero-order valence-electron chi connectivity index (χ0n) is 17.4. The number of sulfonamides is 1. The molecule has 0 saturated carbocycles. The van der Waals surface area contributed by atoms with Crippen molar-refractivity contribution in [2.45, 2.75) is 24.3 Å². The van der Waals surface area contributed by atoms with Gasteiger partial charge in [-0.15, -0.1) is 11.3 Å². The molecular formula is C22H22N4O4S2. The van der Waals surface area contributed by atoms with E-state index in [1.807, 2.05) is 30.3 Å². The van der Waals surface area contributed by atoms with E-state index in [0.29, 0.717) is 24.6 Å². The van der Waals surface area contributed by atoms with Crippen LogP contribution in [-0.2, 0) is 23.6 Å². The highest BCUT2D eigenvalue weighted by molar-refractivity contribution is 7.89. The number of aryl methyl sites for hydroxylation is 1. The number of hydrogen-bond acceptors (Lipinski definition) is 6. The Labute approximate surface area is 189 Å². The maximum atomic E-state index is 12.8. The minimum Gasteiger partial charge on any atom is -0.457 e. The summed E-state index contributed by atoms with van der Waals surface area (Å²) in [6.45, 7) is 1.23. The van der Waals surface area contributed by atoms with E-state index in [9.17, 15) is 13.2 Å². The molecule has 0 radical (unpaired) electrons. The Morgan fingerprint density at radius 1 is 1.19 bits per heavy atom. The zero-order chi connectivity index (χ0) is 22.3. The molecule has 8 nitrogen and oxygen atoms in total. The molecule has 32 heavy (non-hydrogen) atoms. The molecule has 1 amide bonds. The fraction of sp³-hybridized carbons (Fsp3) is 0.273. The van der Waals surface area contributed by atoms with E-state index in [0.717, 1.165) is 28.1 Å². The van der Waals surface area contributed by atoms with Gasteiger partial charge in [-0.05, 0) is 43.2 Å². The molecule has 0 bridgehead atoms. The lowest BCUT2D eigenvalue weighted by Gasteiger charge is -2.13. The molecule has 5 rings (SSSR count). The van der Waals surface area contributed by atoms with Crippen LogP contribution in [0.15, 0.2) is 58.0 Å². The molecule has 0 spiro atoms. The summed E-state index contributed by atoms with van der Waals surface area (Å²) < 4.78 is 35.5. The van der Waals surface area contributed by atoms with Gasteiger partial charge in [0.25, 0.3) is 5.91 Å². The molecule has 10 heteroatoms. The van der Waals surface area contributed by atoms with Crippen molar-refractivity contribution < 1.29 is 17.6 Å². The van der Waals surface area contributed by atoms with Gasteiger partial charge in [0.05, 0.1) is 16.8 Å². The molecule has 1 fully saturated rings. The topological polar surface area (TPSA) is 97.4 Å². The van der Waals surface area contributed by atoms with Crippen molar-refractivity contribution in [1.29, 1.82) is 0 Å². The summed E-state index contributed by atoms with van der Waals surface area (Å²) >= 11 is 1.55. The Morgan fingerprint density at radius 2 is 1.97 bits per heavy atom. The van der Waals surface area contributed by atoms with Crippen LogP contribution >= 0.6 is 11.3 Å². The molecule has 0 unspecified atom stereocenters. The van der Waals surface area contributed by atoms with Gasteiger partial charge in [-0.3, -0.25) is 4.79 Å². The first-order valence-electron chi connectivity index (χ1n) is 10.3. The molecule has 1 aromatic carbocycles. The van der Waals surface area contributed by atoms with Crippen molar-refractivity contribution in [3.8, 4) is 10.8 Å². The number of thiazole rings is 1. The number of nitrogens with zero attached hydrogens (tertiary/aromatic N) is 3. The Kier molecular flexibility index (Phi) is 5.36. The molecule has 1 N–H and O–H groups in total. The third kappa shape index (κ3) is 3.85. The normalized spacial score (nSPS) is 14.9. The number of para-hydroxylation sites is 1. The average molecular weight is 471 g/mol. The van der Waals surface area contributed by atoms with Gasteiger partial charge in [0.15, 0.2) is 10.8 Å². The van der Waals surface area contributed by atoms with Crippen LogP contribution in [-0.4, -0.2) is 41.3 Å². The third-order valence-corrected chi connectivity index (χ3v) is 8.42. The maximum Gasteiger partial charge on any atom is 0.268 e. The van der Waals surface area contributed by atoms with Gasteiger partial charge in [-0.25, -0.2) is 13.4 Å². The fourth-order valence-electron chi connectivity index (χ4n) is 3.80. The number of hydrogen-bond donors (Lipinski definition) is 1. The maximum absolute atomic E-state index is 12.8. The van der Waals surface area contributed by atoms with Crippen LogP contribution in [0.25, 0.3) is 21.0 Å². The van der Waals surface area contributed by atoms with Crippen LogP contribution < -0.4 is 5.32 Å². The first-order valence-corrected chi connectivity index (χ1v) is 12.6. The fourth-order valence-corrected chi connectivity index (χ4v) is 6.32. The number of nitrogens with one attached hydrogen (secondary N) is 1. The molecule has 1 aliphatic rings. The van der Waals surface area contributed by atoms with Gasteiger partial charge in [0, 0.05) is 26.3 Å². The number of fused-ring (bicyclic) bond motifs is 1. The van der Waals surface area contributed by atoms with Gasteiger partial charge in [0.2, 0.25) is 10.0 Å². The minimum absolute atomic E-state index is 0.142. The van der Waals surface area contributed by atoms with Gasteiger partial charge in [-0.2, -0.15) is 4.31 Å². The number of carbonyl (C=O) groups excluding carboxylic acids is 1. The number of aromatic nitrogens is 2. The van der Waals surface area contributed by atoms with Crippen molar-refractivity contribution in [3.05, 3.63) is 60.1 Å². The molecule has 3 aromatic heterocycles. The summed E-state index contributed by atoms with van der Waals surface area (Å²) in [7, 11) is -1.91. The molecule has 0 aliphatic carbocycles. The number of rotatable bonds is 6. The smallest absolute Gasteiger partial charge is 0.268 e. The lowest BCUT2D eigenvalue weighted by molar-refractivity contribution is 0.0940. The summed E-state index contributed by atoms with van der Waals surface area (Å²) in [5, 5.41) is 3.58. The first kappa shape index (κ1) is 20.9. The second-order valence-electron chi connectivity index (χ2n) is 7.72. The lowest BCUT2D eigenvalue weighted by Crippen LogP contribution is -2.27. The number of amides is 1. The second-order valence-corrected chi connectivity index (χ2v) is 10.7. The second kappa shape index (κ2) is 8.19. The Balaban J connectivity index is 1.28. The van der Waals surface area contributed by atoms with E-state index in [-0.39, 0.29) is 23.0 Å². The van der Waals surface area contributed by atoms with Crippen LogP contribution in [0.2, 0.25) is 0 Å². The average Bonchev–Trinajstić information content (AvgIpc) is 3.57. The van der Waals surface area contributed by atoms with Crippen molar-refractivity contribution in [2.75, 3.05) is 13.1 Å². The highest BCUT2D eigenvalue weighted by Crippen LogP contribution is 2.31. The van der Waals surface area contributed by atoms with E-state index >= 15 is 0 Å². The molecule has 4 heterocycles. The van der Waals surface area contributed by atoms with Crippen molar-refractivity contribution in [1.82, 2.24) is 19.2 Å². The molecule has 1 saturated heterocycles. The van der Waals surface area contributed by atoms with E-state index < -0.39 is 10.0 Å². The molecule has 1 aliphatic heterocycles. The molecule has 4 aromatic rings. The van der Waals surface area contributed by atoms with Crippen LogP contribution in [0, 0.1) is 0 Å². The zero-order valence-corrected chi connectivity index (χ0v) is 19.1. The predicted molar refractivity (Wildman–Crippen MR) is 122 cm³/mol. The highest BCUT2D eigenvalue weighted by Gasteiger charge is 2.29. The van der Waals surface area contributed by atoms with Crippen LogP contribution in [0.1, 0.15) is 29.1 Å². The molecular weight excluding hydrogens is 448 g/mol. The summed E-state index contributed by atoms with van der Waals surface area (Å²) in [6, 6.07) is 12.9. The summed E-state index contributed by atoms with van der Waals surface area (Å²) in [6.07, 6.45) is 3.21. The van der Waals surface area contributed by atoms with Crippen molar-refractivity contribution in [2.24, 2.45) is 7.05 Å². The van der Waals surface area contributed by atoms with Gasteiger partial charge in [-0.1, -0.05) is 12.1 Å². The van der Waals surface area contributed by atoms with Crippen LogP contribution in [0.3, 0.4) is 0 Å². The van der Waals surface area contributed by atoms with Crippen LogP contribution in [0.4, 0.5) is 0 Å². The molecule has 0 atom stereocenters. The summed E-state index contributed by atoms with van der Waals surface area (Å²) in [5.41, 5.74) is 1.20. The molecule has 166 valence electrons. The van der Waals surface area contributed by atoms with E-state index in [2.05, 4.69) is 10.3 Å². The number of benzene rings is 1. The van der Waals surface area contributed by atoms with E-state index in [1.54, 1.807) is 24.5 Å². The van der Waals surface area contributed by atoms with Gasteiger partial charge >= 0.3 is 0 Å². The SMILES string of the molecule is Cn1cc(S(=O)(=O)N2CCCC2)cc1C(=O)NCc1ccc(-c2nc3ccccc3s2)o1. The Bertz CT molecular complexity index is 1360. The Morgan fingerprint density at radius 3 is 2.75 bits per heavy atom. The summed E-state index contributed by atoms with van der Waals surface area (Å²) in [4.78, 5) is 17.4. The van der Waals surface area contributed by atoms with E-state index in [4.69, 9.17) is 4.42 Å². The third-order valence-electron chi connectivity index (χ3n) is 5.50. The summed E-state index contributed by atoms with van der Waals surface area (Å²) in [5.74, 6) is 0.869. The monoisotopic (exact) mass is 470 g/mol. The highest BCUT2D eigenvalue weighted by atomic mass is 32.2. The lowest BCUT2D eigenvalue weighted by atomic mass is 10.3. The van der Waals surface area contributed by atoms with Crippen molar-refractivity contribution >= 4 is 37.5 Å². The number of furan rings is 1. The van der Waals surface area contributed by atoms with Crippen LogP contribution in [0.5, 0.6) is 0 Å². The quantitative estimate of drug-likeness (QED) is 0.464. The minimum atomic E-state index is -3.57. The number of carbonyl (C=O) groups is 1. The predicted octanol–water partition coefficient (Wildman–Crippen LogP) is 3.61. The largest absolute Gasteiger partial charge is 0.457 e. The first-order chi connectivity index (χ1) is 15.4. The Hall–Kier alpha value is -2.95. The van der Waals surface area contributed by atoms with Gasteiger partial charge < -0.3 is 14.3 Å². The van der Waals surface area contributed by atoms with E-state index in [1.165, 1.54) is 21.1 Å². The van der Waals surface area contributed by atoms with Gasteiger partial charge in [0.1, 0.15) is 16.3 Å².